The Balaban J connectivity index is 1.75. The second-order valence-corrected chi connectivity index (χ2v) is 5.96. The molecule has 0 saturated carbocycles. The van der Waals surface area contributed by atoms with E-state index < -0.39 is 0 Å². The lowest BCUT2D eigenvalue weighted by Gasteiger charge is -2.21. The summed E-state index contributed by atoms with van der Waals surface area (Å²) in [6, 6.07) is 4.42. The van der Waals surface area contributed by atoms with Gasteiger partial charge in [-0.05, 0) is 18.1 Å². The maximum absolute atomic E-state index is 5.37. The number of rotatable bonds is 4. The molecular weight excluding hydrogens is 272 g/mol. The first-order valence-corrected chi connectivity index (χ1v) is 8.10. The minimum atomic E-state index is 0.427. The van der Waals surface area contributed by atoms with Crippen molar-refractivity contribution in [2.24, 2.45) is 0 Å². The van der Waals surface area contributed by atoms with Crippen molar-refractivity contribution in [2.75, 3.05) is 18.1 Å². The summed E-state index contributed by atoms with van der Waals surface area (Å²) in [5.41, 5.74) is 1.97. The van der Waals surface area contributed by atoms with Crippen LogP contribution in [0, 0.1) is 0 Å². The molecule has 5 nitrogen and oxygen atoms in total. The van der Waals surface area contributed by atoms with Crippen LogP contribution in [0.15, 0.2) is 22.9 Å². The number of aromatic nitrogens is 3. The standard InChI is InChI=1S/C14H18N4OS/c1-2-10-4-3-5-16-13(10)14-17-12(19-18-14)8-11-9-20-7-6-15-11/h3-5,11,15H,2,6-9H2,1H3. The Morgan fingerprint density at radius 2 is 2.45 bits per heavy atom. The predicted molar refractivity (Wildman–Crippen MR) is 79.7 cm³/mol. The summed E-state index contributed by atoms with van der Waals surface area (Å²) < 4.78 is 5.37. The van der Waals surface area contributed by atoms with E-state index in [4.69, 9.17) is 4.52 Å². The van der Waals surface area contributed by atoms with Gasteiger partial charge >= 0.3 is 0 Å². The molecule has 0 aromatic carbocycles. The molecule has 2 aromatic rings. The lowest BCUT2D eigenvalue weighted by molar-refractivity contribution is 0.363. The molecule has 1 fully saturated rings. The molecule has 0 bridgehead atoms. The first-order valence-electron chi connectivity index (χ1n) is 6.94. The number of nitrogens with zero attached hydrogens (tertiary/aromatic N) is 3. The monoisotopic (exact) mass is 290 g/mol. The average molecular weight is 290 g/mol. The van der Waals surface area contributed by atoms with Crippen LogP contribution in [0.25, 0.3) is 11.5 Å². The molecule has 1 N–H and O–H groups in total. The van der Waals surface area contributed by atoms with Crippen molar-refractivity contribution in [1.29, 1.82) is 0 Å². The fourth-order valence-electron chi connectivity index (χ4n) is 2.32. The molecule has 0 amide bonds. The summed E-state index contributed by atoms with van der Waals surface area (Å²) in [7, 11) is 0. The van der Waals surface area contributed by atoms with Crippen molar-refractivity contribution < 1.29 is 4.52 Å². The Morgan fingerprint density at radius 3 is 3.25 bits per heavy atom. The van der Waals surface area contributed by atoms with Crippen LogP contribution >= 0.6 is 11.8 Å². The van der Waals surface area contributed by atoms with E-state index in [0.29, 0.717) is 17.8 Å². The van der Waals surface area contributed by atoms with Gasteiger partial charge in [-0.1, -0.05) is 18.1 Å². The van der Waals surface area contributed by atoms with Crippen LogP contribution in [0.2, 0.25) is 0 Å². The van der Waals surface area contributed by atoms with E-state index in [1.165, 1.54) is 5.75 Å². The number of thioether (sulfide) groups is 1. The van der Waals surface area contributed by atoms with Crippen molar-refractivity contribution in [1.82, 2.24) is 20.4 Å². The quantitative estimate of drug-likeness (QED) is 0.928. The van der Waals surface area contributed by atoms with E-state index in [1.54, 1.807) is 6.20 Å². The summed E-state index contributed by atoms with van der Waals surface area (Å²) in [4.78, 5) is 8.87. The van der Waals surface area contributed by atoms with Gasteiger partial charge in [-0.3, -0.25) is 4.98 Å². The van der Waals surface area contributed by atoms with Gasteiger partial charge in [-0.25, -0.2) is 0 Å². The van der Waals surface area contributed by atoms with Gasteiger partial charge in [0.1, 0.15) is 5.69 Å². The Kier molecular flexibility index (Phi) is 4.32. The summed E-state index contributed by atoms with van der Waals surface area (Å²) in [6.45, 7) is 3.15. The molecule has 0 aliphatic carbocycles. The zero-order valence-electron chi connectivity index (χ0n) is 11.5. The van der Waals surface area contributed by atoms with Crippen molar-refractivity contribution >= 4 is 11.8 Å². The normalized spacial score (nSPS) is 19.1. The number of aryl methyl sites for hydroxylation is 1. The molecule has 6 heteroatoms. The number of nitrogens with one attached hydrogen (secondary N) is 1. The lowest BCUT2D eigenvalue weighted by Crippen LogP contribution is -2.38. The zero-order valence-corrected chi connectivity index (χ0v) is 12.3. The number of hydrogen-bond acceptors (Lipinski definition) is 6. The van der Waals surface area contributed by atoms with E-state index in [1.807, 2.05) is 17.8 Å². The van der Waals surface area contributed by atoms with Gasteiger partial charge < -0.3 is 9.84 Å². The van der Waals surface area contributed by atoms with E-state index in [2.05, 4.69) is 33.4 Å². The second-order valence-electron chi connectivity index (χ2n) is 4.81. The van der Waals surface area contributed by atoms with Crippen LogP contribution in [0.1, 0.15) is 18.4 Å². The van der Waals surface area contributed by atoms with Crippen molar-refractivity contribution in [3.63, 3.8) is 0 Å². The maximum atomic E-state index is 5.37. The summed E-state index contributed by atoms with van der Waals surface area (Å²) >= 11 is 1.97. The van der Waals surface area contributed by atoms with Gasteiger partial charge in [-0.15, -0.1) is 0 Å². The lowest BCUT2D eigenvalue weighted by atomic mass is 10.1. The smallest absolute Gasteiger partial charge is 0.228 e. The highest BCUT2D eigenvalue weighted by Gasteiger charge is 2.18. The highest BCUT2D eigenvalue weighted by atomic mass is 32.2. The van der Waals surface area contributed by atoms with E-state index >= 15 is 0 Å². The molecule has 2 aromatic heterocycles. The number of hydrogen-bond donors (Lipinski definition) is 1. The molecule has 3 rings (SSSR count). The third-order valence-corrected chi connectivity index (χ3v) is 4.50. The largest absolute Gasteiger partial charge is 0.339 e. The van der Waals surface area contributed by atoms with Crippen molar-refractivity contribution in [3.8, 4) is 11.5 Å². The van der Waals surface area contributed by atoms with Crippen LogP contribution in [-0.2, 0) is 12.8 Å². The molecule has 0 spiro atoms. The molecule has 3 heterocycles. The van der Waals surface area contributed by atoms with Gasteiger partial charge in [0, 0.05) is 36.7 Å². The molecule has 20 heavy (non-hydrogen) atoms. The van der Waals surface area contributed by atoms with Crippen LogP contribution in [0.3, 0.4) is 0 Å². The average Bonchev–Trinajstić information content (AvgIpc) is 2.96. The second kappa shape index (κ2) is 6.37. The third-order valence-electron chi connectivity index (χ3n) is 3.37. The Hall–Kier alpha value is -1.40. The first-order chi connectivity index (χ1) is 9.86. The van der Waals surface area contributed by atoms with E-state index in [-0.39, 0.29) is 0 Å². The van der Waals surface area contributed by atoms with E-state index in [0.717, 1.165) is 36.4 Å². The van der Waals surface area contributed by atoms with Gasteiger partial charge in [0.15, 0.2) is 0 Å². The third kappa shape index (κ3) is 3.02. The predicted octanol–water partition coefficient (Wildman–Crippen LogP) is 1.94. The Morgan fingerprint density at radius 1 is 1.50 bits per heavy atom. The zero-order chi connectivity index (χ0) is 13.8. The Bertz CT molecular complexity index is 566. The molecule has 1 unspecified atom stereocenters. The van der Waals surface area contributed by atoms with Gasteiger partial charge in [-0.2, -0.15) is 16.7 Å². The fourth-order valence-corrected chi connectivity index (χ4v) is 3.27. The fraction of sp³-hybridized carbons (Fsp3) is 0.500. The minimum absolute atomic E-state index is 0.427. The first kappa shape index (κ1) is 13.6. The SMILES string of the molecule is CCc1cccnc1-c1noc(CC2CSCCN2)n1. The van der Waals surface area contributed by atoms with E-state index in [9.17, 15) is 0 Å². The highest BCUT2D eigenvalue weighted by molar-refractivity contribution is 7.99. The topological polar surface area (TPSA) is 63.8 Å². The van der Waals surface area contributed by atoms with Crippen LogP contribution in [0.5, 0.6) is 0 Å². The van der Waals surface area contributed by atoms with Crippen molar-refractivity contribution in [2.45, 2.75) is 25.8 Å². The van der Waals surface area contributed by atoms with Crippen LogP contribution in [-0.4, -0.2) is 39.2 Å². The summed E-state index contributed by atoms with van der Waals surface area (Å²) in [5.74, 6) is 3.56. The molecule has 1 aliphatic heterocycles. The van der Waals surface area contributed by atoms with Gasteiger partial charge in [0.2, 0.25) is 11.7 Å². The molecular formula is C14H18N4OS. The molecule has 1 atom stereocenters. The molecule has 0 radical (unpaired) electrons. The van der Waals surface area contributed by atoms with Gasteiger partial charge in [0.05, 0.1) is 0 Å². The number of pyridine rings is 1. The molecule has 106 valence electrons. The van der Waals surface area contributed by atoms with Crippen LogP contribution < -0.4 is 5.32 Å². The summed E-state index contributed by atoms with van der Waals surface area (Å²) in [6.07, 6.45) is 3.46. The summed E-state index contributed by atoms with van der Waals surface area (Å²) in [5, 5.41) is 7.55. The Labute approximate surface area is 122 Å². The van der Waals surface area contributed by atoms with Gasteiger partial charge in [0.25, 0.3) is 0 Å². The van der Waals surface area contributed by atoms with Crippen LogP contribution in [0.4, 0.5) is 0 Å². The maximum Gasteiger partial charge on any atom is 0.228 e. The van der Waals surface area contributed by atoms with Crippen molar-refractivity contribution in [3.05, 3.63) is 29.8 Å². The highest BCUT2D eigenvalue weighted by Crippen LogP contribution is 2.19. The minimum Gasteiger partial charge on any atom is -0.339 e. The molecule has 1 saturated heterocycles. The molecule has 1 aliphatic rings.